The van der Waals surface area contributed by atoms with Crippen molar-refractivity contribution in [3.63, 3.8) is 0 Å². The number of amides is 1. The van der Waals surface area contributed by atoms with E-state index in [4.69, 9.17) is 21.1 Å². The van der Waals surface area contributed by atoms with E-state index in [0.29, 0.717) is 0 Å². The van der Waals surface area contributed by atoms with Crippen LogP contribution in [0.3, 0.4) is 0 Å². The van der Waals surface area contributed by atoms with Crippen LogP contribution in [0.4, 0.5) is 4.79 Å². The third-order valence-corrected chi connectivity index (χ3v) is 3.63. The molecule has 0 spiro atoms. The Labute approximate surface area is 131 Å². The lowest BCUT2D eigenvalue weighted by Gasteiger charge is -2.31. The number of rotatable bonds is 5. The Kier molecular flexibility index (Phi) is 7.29. The minimum absolute atomic E-state index is 0.136. The number of carbonyl (C=O) groups excluding carboxylic acids is 2. The summed E-state index contributed by atoms with van der Waals surface area (Å²) in [5, 5.41) is 2.83. The van der Waals surface area contributed by atoms with Gasteiger partial charge in [-0.3, -0.25) is 4.79 Å². The van der Waals surface area contributed by atoms with Gasteiger partial charge in [-0.15, -0.1) is 0 Å². The summed E-state index contributed by atoms with van der Waals surface area (Å²) in [4.78, 5) is 23.6. The number of nitrogens with one attached hydrogen (secondary N) is 1. The van der Waals surface area contributed by atoms with Gasteiger partial charge in [0.1, 0.15) is 5.60 Å². The number of esters is 1. The van der Waals surface area contributed by atoms with Crippen molar-refractivity contribution in [1.29, 1.82) is 0 Å². The van der Waals surface area contributed by atoms with E-state index in [9.17, 15) is 9.59 Å². The fraction of sp³-hybridized carbons (Fsp3) is 0.867. The second-order valence-electron chi connectivity index (χ2n) is 6.48. The number of alkyl halides is 1. The van der Waals surface area contributed by atoms with Gasteiger partial charge in [0.05, 0.1) is 6.42 Å². The first-order chi connectivity index (χ1) is 9.81. The van der Waals surface area contributed by atoms with E-state index in [1.807, 2.05) is 20.8 Å². The van der Waals surface area contributed by atoms with Gasteiger partial charge in [-0.2, -0.15) is 0 Å². The maximum absolute atomic E-state index is 11.9. The number of carbonyl (C=O) groups is 2. The second kappa shape index (κ2) is 8.47. The summed E-state index contributed by atoms with van der Waals surface area (Å²) in [6.45, 7) is 5.43. The van der Waals surface area contributed by atoms with Crippen molar-refractivity contribution in [3.05, 3.63) is 0 Å². The van der Waals surface area contributed by atoms with E-state index in [-0.39, 0.29) is 24.4 Å². The van der Waals surface area contributed by atoms with Crippen LogP contribution in [0, 0.1) is 5.92 Å². The highest BCUT2D eigenvalue weighted by molar-refractivity contribution is 6.17. The topological polar surface area (TPSA) is 64.6 Å². The molecule has 0 aromatic carbocycles. The summed E-state index contributed by atoms with van der Waals surface area (Å²) < 4.78 is 10.1. The van der Waals surface area contributed by atoms with Crippen LogP contribution < -0.4 is 5.32 Å². The first-order valence-corrected chi connectivity index (χ1v) is 8.06. The zero-order valence-corrected chi connectivity index (χ0v) is 13.9. The molecule has 1 N–H and O–H groups in total. The van der Waals surface area contributed by atoms with Gasteiger partial charge in [-0.25, -0.2) is 4.79 Å². The minimum atomic E-state index is -0.558. The molecule has 1 saturated carbocycles. The summed E-state index contributed by atoms with van der Waals surface area (Å²) in [5.74, 6) is -0.106. The molecule has 1 aliphatic rings. The molecule has 1 rings (SSSR count). The van der Waals surface area contributed by atoms with Crippen LogP contribution in [-0.4, -0.2) is 29.8 Å². The molecule has 6 heteroatoms. The number of hydrogen-bond acceptors (Lipinski definition) is 4. The van der Waals surface area contributed by atoms with Crippen molar-refractivity contribution in [3.8, 4) is 0 Å². The molecule has 0 aromatic heterocycles. The highest BCUT2D eigenvalue weighted by atomic mass is 35.5. The molecule has 0 bridgehead atoms. The molecule has 0 aromatic rings. The van der Waals surface area contributed by atoms with Crippen LogP contribution in [0.2, 0.25) is 0 Å². The summed E-state index contributed by atoms with van der Waals surface area (Å²) in [5.41, 5.74) is -0.558. The van der Waals surface area contributed by atoms with Crippen LogP contribution >= 0.6 is 11.6 Å². The Balaban J connectivity index is 2.62. The van der Waals surface area contributed by atoms with Crippen LogP contribution in [0.25, 0.3) is 0 Å². The van der Waals surface area contributed by atoms with Gasteiger partial charge >= 0.3 is 12.1 Å². The van der Waals surface area contributed by atoms with Crippen LogP contribution in [-0.2, 0) is 14.3 Å². The SMILES string of the molecule is CC(C)(C)OC(=O)NC(CC(=O)OCCl)C1CCCCC1. The third-order valence-electron chi connectivity index (χ3n) is 3.52. The molecular formula is C15H26ClNO4. The molecule has 1 unspecified atom stereocenters. The van der Waals surface area contributed by atoms with Gasteiger partial charge < -0.3 is 14.8 Å². The zero-order valence-electron chi connectivity index (χ0n) is 13.1. The summed E-state index contributed by atoms with van der Waals surface area (Å²) >= 11 is 5.40. The normalized spacial score (nSPS) is 17.9. The van der Waals surface area contributed by atoms with Crippen LogP contribution in [0.15, 0.2) is 0 Å². The van der Waals surface area contributed by atoms with Gasteiger partial charge in [0.15, 0.2) is 6.07 Å². The molecule has 0 saturated heterocycles. The summed E-state index contributed by atoms with van der Waals surface area (Å²) in [6.07, 6.45) is 5.13. The maximum Gasteiger partial charge on any atom is 0.407 e. The monoisotopic (exact) mass is 319 g/mol. The van der Waals surface area contributed by atoms with E-state index in [2.05, 4.69) is 5.32 Å². The molecule has 1 fully saturated rings. The fourth-order valence-electron chi connectivity index (χ4n) is 2.63. The Morgan fingerprint density at radius 2 is 1.86 bits per heavy atom. The largest absolute Gasteiger partial charge is 0.449 e. The quantitative estimate of drug-likeness (QED) is 0.621. The Morgan fingerprint density at radius 1 is 1.24 bits per heavy atom. The Hall–Kier alpha value is -0.970. The predicted molar refractivity (Wildman–Crippen MR) is 81.2 cm³/mol. The van der Waals surface area contributed by atoms with Gasteiger partial charge in [-0.1, -0.05) is 30.9 Å². The van der Waals surface area contributed by atoms with Crippen molar-refractivity contribution in [2.75, 3.05) is 6.07 Å². The van der Waals surface area contributed by atoms with Crippen LogP contribution in [0.1, 0.15) is 59.3 Å². The Morgan fingerprint density at radius 3 is 2.38 bits per heavy atom. The van der Waals surface area contributed by atoms with E-state index in [0.717, 1.165) is 25.7 Å². The van der Waals surface area contributed by atoms with Gasteiger partial charge in [-0.05, 0) is 39.5 Å². The molecular weight excluding hydrogens is 294 g/mol. The molecule has 1 aliphatic carbocycles. The molecule has 1 amide bonds. The lowest BCUT2D eigenvalue weighted by molar-refractivity contribution is -0.142. The average molecular weight is 320 g/mol. The summed E-state index contributed by atoms with van der Waals surface area (Å²) in [7, 11) is 0. The first kappa shape index (κ1) is 18.1. The van der Waals surface area contributed by atoms with Gasteiger partial charge in [0, 0.05) is 6.04 Å². The molecule has 21 heavy (non-hydrogen) atoms. The molecule has 1 atom stereocenters. The van der Waals surface area contributed by atoms with E-state index in [1.54, 1.807) is 0 Å². The summed E-state index contributed by atoms with van der Waals surface area (Å²) in [6, 6.07) is -0.418. The first-order valence-electron chi connectivity index (χ1n) is 7.53. The number of alkyl carbamates (subject to hydrolysis) is 1. The van der Waals surface area contributed by atoms with Crippen LogP contribution in [0.5, 0.6) is 0 Å². The number of ether oxygens (including phenoxy) is 2. The van der Waals surface area contributed by atoms with E-state index < -0.39 is 17.7 Å². The Bertz CT molecular complexity index is 348. The van der Waals surface area contributed by atoms with Gasteiger partial charge in [0.2, 0.25) is 0 Å². The molecule has 5 nitrogen and oxygen atoms in total. The van der Waals surface area contributed by atoms with Crippen molar-refractivity contribution < 1.29 is 19.1 Å². The average Bonchev–Trinajstić information content (AvgIpc) is 2.37. The van der Waals surface area contributed by atoms with Gasteiger partial charge in [0.25, 0.3) is 0 Å². The standard InChI is InChI=1S/C15H26ClNO4/c1-15(2,3)21-14(19)17-12(9-13(18)20-10-16)11-7-5-4-6-8-11/h11-12H,4-10H2,1-3H3,(H,17,19). The van der Waals surface area contributed by atoms with Crippen molar-refractivity contribution >= 4 is 23.7 Å². The van der Waals surface area contributed by atoms with Crippen molar-refractivity contribution in [1.82, 2.24) is 5.32 Å². The minimum Gasteiger partial charge on any atom is -0.449 e. The highest BCUT2D eigenvalue weighted by Gasteiger charge is 2.29. The molecule has 0 radical (unpaired) electrons. The highest BCUT2D eigenvalue weighted by Crippen LogP contribution is 2.28. The van der Waals surface area contributed by atoms with Crippen molar-refractivity contribution in [2.45, 2.75) is 70.9 Å². The lowest BCUT2D eigenvalue weighted by Crippen LogP contribution is -2.44. The van der Waals surface area contributed by atoms with E-state index >= 15 is 0 Å². The second-order valence-corrected chi connectivity index (χ2v) is 6.70. The molecule has 122 valence electrons. The predicted octanol–water partition coefficient (Wildman–Crippen LogP) is 3.59. The fourth-order valence-corrected chi connectivity index (χ4v) is 2.75. The number of halogens is 1. The zero-order chi connectivity index (χ0) is 15.9. The molecule has 0 heterocycles. The van der Waals surface area contributed by atoms with Crippen molar-refractivity contribution in [2.24, 2.45) is 5.92 Å². The maximum atomic E-state index is 11.9. The lowest BCUT2D eigenvalue weighted by atomic mass is 9.82. The smallest absolute Gasteiger partial charge is 0.407 e. The molecule has 0 aliphatic heterocycles. The number of hydrogen-bond donors (Lipinski definition) is 1. The van der Waals surface area contributed by atoms with E-state index in [1.165, 1.54) is 6.42 Å². The third kappa shape index (κ3) is 7.55.